The van der Waals surface area contributed by atoms with Gasteiger partial charge in [0.1, 0.15) is 5.82 Å². The van der Waals surface area contributed by atoms with Crippen molar-refractivity contribution in [2.24, 2.45) is 5.41 Å². The van der Waals surface area contributed by atoms with Crippen LogP contribution in [0.15, 0.2) is 41.4 Å². The Morgan fingerprint density at radius 2 is 1.78 bits per heavy atom. The number of pyridine rings is 1. The van der Waals surface area contributed by atoms with Crippen molar-refractivity contribution < 1.29 is 31.9 Å². The topological polar surface area (TPSA) is 53.4 Å². The van der Waals surface area contributed by atoms with Crippen LogP contribution >= 0.6 is 11.8 Å². The number of nitrogens with zero attached hydrogens (tertiary/aromatic N) is 2. The zero-order valence-corrected chi connectivity index (χ0v) is 21.9. The van der Waals surface area contributed by atoms with Gasteiger partial charge in [0, 0.05) is 41.9 Å². The quantitative estimate of drug-likeness (QED) is 0.302. The number of thioether (sulfide) groups is 1. The monoisotopic (exact) mass is 532 g/mol. The van der Waals surface area contributed by atoms with Crippen molar-refractivity contribution in [2.45, 2.75) is 76.1 Å². The minimum atomic E-state index is -5.08. The van der Waals surface area contributed by atoms with Gasteiger partial charge in [0.2, 0.25) is 0 Å². The molecule has 0 bridgehead atoms. The van der Waals surface area contributed by atoms with Crippen molar-refractivity contribution in [3.8, 4) is 11.1 Å². The summed E-state index contributed by atoms with van der Waals surface area (Å²) >= 11 is 1.48. The van der Waals surface area contributed by atoms with Gasteiger partial charge in [-0.3, -0.25) is 0 Å². The van der Waals surface area contributed by atoms with Crippen molar-refractivity contribution in [2.75, 3.05) is 18.0 Å². The molecule has 0 radical (unpaired) electrons. The molecule has 36 heavy (non-hydrogen) atoms. The Bertz CT molecular complexity index is 1040. The second kappa shape index (κ2) is 11.8. The lowest BCUT2D eigenvalue weighted by Crippen LogP contribution is -2.41. The number of halogens is 5. The normalized spacial score (nSPS) is 18.6. The Kier molecular flexibility index (Phi) is 9.78. The van der Waals surface area contributed by atoms with Gasteiger partial charge in [0.05, 0.1) is 0 Å². The number of benzene rings is 1. The largest absolute Gasteiger partial charge is 0.490 e. The molecule has 3 rings (SSSR count). The summed E-state index contributed by atoms with van der Waals surface area (Å²) in [5, 5.41) is 7.38. The molecular formula is C26H33F5N2O2S. The van der Waals surface area contributed by atoms with E-state index in [9.17, 15) is 22.0 Å². The van der Waals surface area contributed by atoms with Crippen molar-refractivity contribution in [3.63, 3.8) is 0 Å². The fraction of sp³-hybridized carbons (Fsp3) is 0.538. The van der Waals surface area contributed by atoms with E-state index >= 15 is 0 Å². The van der Waals surface area contributed by atoms with Gasteiger partial charge < -0.3 is 10.0 Å². The van der Waals surface area contributed by atoms with Crippen molar-refractivity contribution in [3.05, 3.63) is 42.1 Å². The maximum Gasteiger partial charge on any atom is 0.490 e. The highest BCUT2D eigenvalue weighted by Gasteiger charge is 2.38. The summed E-state index contributed by atoms with van der Waals surface area (Å²) in [6, 6.07) is 9.39. The number of hydrogen-bond donors (Lipinski definition) is 1. The number of aliphatic carboxylic acids is 1. The van der Waals surface area contributed by atoms with E-state index in [-0.39, 0.29) is 10.8 Å². The van der Waals surface area contributed by atoms with Crippen LogP contribution in [-0.2, 0) is 10.7 Å². The van der Waals surface area contributed by atoms with Gasteiger partial charge in [-0.05, 0) is 60.1 Å². The van der Waals surface area contributed by atoms with Crippen LogP contribution < -0.4 is 4.90 Å². The summed E-state index contributed by atoms with van der Waals surface area (Å²) < 4.78 is 60.4. The fourth-order valence-corrected chi connectivity index (χ4v) is 5.00. The van der Waals surface area contributed by atoms with Crippen LogP contribution in [0.2, 0.25) is 0 Å². The number of anilines is 1. The van der Waals surface area contributed by atoms with Crippen molar-refractivity contribution in [1.29, 1.82) is 0 Å². The molecule has 1 atom stereocenters. The third kappa shape index (κ3) is 8.35. The standard InChI is InChI=1S/C24H32F2N2S.C2HF3O2/c1-6-23(4)11-7-13-28(16-23)22-15-19(10-12-27-22)18-8-9-21(29-17(2)3)20(14-18)24(5,25)26;3-2(4,5)1(6)7/h8-10,12,14-15,17H,6-7,11,13,16H2,1-5H3;(H,6,7). The summed E-state index contributed by atoms with van der Waals surface area (Å²) in [6.07, 6.45) is 0.253. The Hall–Kier alpha value is -2.36. The smallest absolute Gasteiger partial charge is 0.475 e. The van der Waals surface area contributed by atoms with E-state index in [2.05, 4.69) is 23.7 Å². The summed E-state index contributed by atoms with van der Waals surface area (Å²) in [5.74, 6) is -4.70. The molecule has 1 aliphatic heterocycles. The number of piperidine rings is 1. The molecule has 0 spiro atoms. The highest BCUT2D eigenvalue weighted by atomic mass is 32.2. The number of alkyl halides is 5. The summed E-state index contributed by atoms with van der Waals surface area (Å²) in [7, 11) is 0. The molecule has 200 valence electrons. The number of carboxylic acid groups (broad SMARTS) is 1. The molecule has 1 fully saturated rings. The van der Waals surface area contributed by atoms with Crippen LogP contribution in [0.25, 0.3) is 11.1 Å². The predicted molar refractivity (Wildman–Crippen MR) is 134 cm³/mol. The molecule has 1 unspecified atom stereocenters. The van der Waals surface area contributed by atoms with Gasteiger partial charge in [-0.1, -0.05) is 33.8 Å². The summed E-state index contributed by atoms with van der Waals surface area (Å²) in [6.45, 7) is 11.6. The van der Waals surface area contributed by atoms with Gasteiger partial charge >= 0.3 is 12.1 Å². The van der Waals surface area contributed by atoms with E-state index in [4.69, 9.17) is 9.90 Å². The highest BCUT2D eigenvalue weighted by Crippen LogP contribution is 2.40. The summed E-state index contributed by atoms with van der Waals surface area (Å²) in [5.41, 5.74) is 2.16. The van der Waals surface area contributed by atoms with Crippen molar-refractivity contribution in [1.82, 2.24) is 4.98 Å². The lowest BCUT2D eigenvalue weighted by molar-refractivity contribution is -0.192. The van der Waals surface area contributed by atoms with Crippen LogP contribution in [0, 0.1) is 5.41 Å². The molecule has 0 aliphatic carbocycles. The van der Waals surface area contributed by atoms with E-state index < -0.39 is 18.1 Å². The van der Waals surface area contributed by atoms with Crippen LogP contribution in [0.1, 0.15) is 59.4 Å². The molecule has 1 aromatic heterocycles. The average molecular weight is 533 g/mol. The molecule has 1 aliphatic rings. The molecule has 2 heterocycles. The minimum absolute atomic E-state index is 0.101. The predicted octanol–water partition coefficient (Wildman–Crippen LogP) is 8.01. The van der Waals surface area contributed by atoms with Crippen LogP contribution in [-0.4, -0.2) is 40.6 Å². The molecule has 1 N–H and O–H groups in total. The molecule has 1 aromatic carbocycles. The summed E-state index contributed by atoms with van der Waals surface area (Å²) in [4.78, 5) is 16.5. The highest BCUT2D eigenvalue weighted by molar-refractivity contribution is 8.00. The molecule has 10 heteroatoms. The van der Waals surface area contributed by atoms with E-state index in [0.717, 1.165) is 49.8 Å². The molecular weight excluding hydrogens is 499 g/mol. The lowest BCUT2D eigenvalue weighted by atomic mass is 9.79. The van der Waals surface area contributed by atoms with E-state index in [1.807, 2.05) is 38.1 Å². The molecule has 4 nitrogen and oxygen atoms in total. The van der Waals surface area contributed by atoms with Crippen LogP contribution in [0.5, 0.6) is 0 Å². The van der Waals surface area contributed by atoms with E-state index in [1.54, 1.807) is 12.3 Å². The van der Waals surface area contributed by atoms with E-state index in [1.165, 1.54) is 18.2 Å². The number of carboxylic acids is 1. The first-order chi connectivity index (χ1) is 16.6. The molecule has 2 aromatic rings. The average Bonchev–Trinajstić information content (AvgIpc) is 2.78. The number of carbonyl (C=O) groups is 1. The van der Waals surface area contributed by atoms with E-state index in [0.29, 0.717) is 10.3 Å². The Morgan fingerprint density at radius 3 is 2.31 bits per heavy atom. The zero-order valence-electron chi connectivity index (χ0n) is 21.1. The lowest BCUT2D eigenvalue weighted by Gasteiger charge is -2.40. The van der Waals surface area contributed by atoms with Crippen LogP contribution in [0.3, 0.4) is 0 Å². The SMILES string of the molecule is CCC1(C)CCCN(c2cc(-c3ccc(SC(C)C)c(C(C)(F)F)c3)ccn2)C1.O=C(O)C(F)(F)F. The van der Waals surface area contributed by atoms with Crippen LogP contribution in [0.4, 0.5) is 27.8 Å². The molecule has 0 amide bonds. The molecule has 0 saturated carbocycles. The first-order valence-electron chi connectivity index (χ1n) is 11.8. The number of aromatic nitrogens is 1. The van der Waals surface area contributed by atoms with Crippen molar-refractivity contribution >= 4 is 23.5 Å². The number of rotatable bonds is 6. The molecule has 1 saturated heterocycles. The maximum absolute atomic E-state index is 14.3. The second-order valence-corrected chi connectivity index (χ2v) is 11.3. The minimum Gasteiger partial charge on any atom is -0.475 e. The Balaban J connectivity index is 0.000000572. The Labute approximate surface area is 213 Å². The van der Waals surface area contributed by atoms with Gasteiger partial charge in [-0.25, -0.2) is 18.6 Å². The van der Waals surface area contributed by atoms with Gasteiger partial charge in [-0.2, -0.15) is 13.2 Å². The zero-order chi connectivity index (χ0) is 27.3. The fourth-order valence-electron chi connectivity index (χ4n) is 3.98. The van der Waals surface area contributed by atoms with Gasteiger partial charge in [0.15, 0.2) is 0 Å². The Morgan fingerprint density at radius 1 is 1.17 bits per heavy atom. The number of hydrogen-bond acceptors (Lipinski definition) is 4. The maximum atomic E-state index is 14.3. The first kappa shape index (κ1) is 29.9. The third-order valence-electron chi connectivity index (χ3n) is 6.09. The second-order valence-electron chi connectivity index (χ2n) is 9.66. The van der Waals surface area contributed by atoms with Gasteiger partial charge in [-0.15, -0.1) is 11.8 Å². The first-order valence-corrected chi connectivity index (χ1v) is 12.6. The van der Waals surface area contributed by atoms with Gasteiger partial charge in [0.25, 0.3) is 5.92 Å². The third-order valence-corrected chi connectivity index (χ3v) is 7.18.